The zero-order chi connectivity index (χ0) is 18.0. The maximum Gasteiger partial charge on any atom is 0.321 e. The average Bonchev–Trinajstić information content (AvgIpc) is 2.86. The van der Waals surface area contributed by atoms with E-state index >= 15 is 0 Å². The Labute approximate surface area is 141 Å². The Hall–Kier alpha value is -2.24. The molecule has 2 rings (SSSR count). The van der Waals surface area contributed by atoms with Crippen molar-refractivity contribution in [2.45, 2.75) is 51.6 Å². The van der Waals surface area contributed by atoms with Crippen LogP contribution in [0.1, 0.15) is 51.5 Å². The largest absolute Gasteiger partial charge is 0.459 e. The SMILES string of the molecule is CC(C)(C)OC(=O)C1(C(C[N+](=O)[O-])c2ccccc2)CCCC1=O. The molecule has 0 radical (unpaired) electrons. The van der Waals surface area contributed by atoms with Crippen molar-refractivity contribution >= 4 is 11.8 Å². The van der Waals surface area contributed by atoms with Gasteiger partial charge >= 0.3 is 5.97 Å². The van der Waals surface area contributed by atoms with Gasteiger partial charge in [0.2, 0.25) is 6.54 Å². The van der Waals surface area contributed by atoms with Crippen LogP contribution in [0, 0.1) is 15.5 Å². The predicted molar refractivity (Wildman–Crippen MR) is 88.2 cm³/mol. The van der Waals surface area contributed by atoms with E-state index in [9.17, 15) is 19.7 Å². The molecule has 24 heavy (non-hydrogen) atoms. The summed E-state index contributed by atoms with van der Waals surface area (Å²) in [5, 5.41) is 11.2. The van der Waals surface area contributed by atoms with Crippen molar-refractivity contribution in [1.29, 1.82) is 0 Å². The summed E-state index contributed by atoms with van der Waals surface area (Å²) in [5.74, 6) is -1.72. The van der Waals surface area contributed by atoms with Gasteiger partial charge < -0.3 is 4.74 Å². The van der Waals surface area contributed by atoms with Crippen molar-refractivity contribution in [1.82, 2.24) is 0 Å². The third kappa shape index (κ3) is 3.63. The van der Waals surface area contributed by atoms with E-state index in [4.69, 9.17) is 4.74 Å². The molecule has 0 heterocycles. The number of nitro groups is 1. The van der Waals surface area contributed by atoms with Crippen LogP contribution in [-0.2, 0) is 14.3 Å². The normalized spacial score (nSPS) is 22.2. The van der Waals surface area contributed by atoms with Crippen LogP contribution in [0.5, 0.6) is 0 Å². The second-order valence-corrected chi connectivity index (χ2v) is 7.23. The maximum atomic E-state index is 12.9. The fourth-order valence-electron chi connectivity index (χ4n) is 3.37. The van der Waals surface area contributed by atoms with E-state index in [2.05, 4.69) is 0 Å². The number of carbonyl (C=O) groups is 2. The molecule has 0 aromatic heterocycles. The van der Waals surface area contributed by atoms with Gasteiger partial charge in [0.25, 0.3) is 0 Å². The van der Waals surface area contributed by atoms with Gasteiger partial charge in [0.1, 0.15) is 11.0 Å². The van der Waals surface area contributed by atoms with Crippen molar-refractivity contribution < 1.29 is 19.2 Å². The van der Waals surface area contributed by atoms with Gasteiger partial charge in [0.05, 0.1) is 5.92 Å². The summed E-state index contributed by atoms with van der Waals surface area (Å²) in [7, 11) is 0. The molecule has 0 bridgehead atoms. The van der Waals surface area contributed by atoms with Gasteiger partial charge in [-0.05, 0) is 39.2 Å². The fraction of sp³-hybridized carbons (Fsp3) is 0.556. The maximum absolute atomic E-state index is 12.9. The Morgan fingerprint density at radius 3 is 2.42 bits per heavy atom. The molecule has 130 valence electrons. The second kappa shape index (κ2) is 6.71. The highest BCUT2D eigenvalue weighted by Gasteiger charge is 2.58. The lowest BCUT2D eigenvalue weighted by Gasteiger charge is -2.34. The van der Waals surface area contributed by atoms with Crippen LogP contribution in [0.25, 0.3) is 0 Å². The number of hydrogen-bond donors (Lipinski definition) is 0. The number of carbonyl (C=O) groups excluding carboxylic acids is 2. The lowest BCUT2D eigenvalue weighted by Crippen LogP contribution is -2.47. The van der Waals surface area contributed by atoms with Crippen molar-refractivity contribution in [3.8, 4) is 0 Å². The number of ketones is 1. The third-order valence-electron chi connectivity index (χ3n) is 4.36. The highest BCUT2D eigenvalue weighted by molar-refractivity contribution is 6.06. The van der Waals surface area contributed by atoms with Crippen LogP contribution in [0.2, 0.25) is 0 Å². The molecule has 0 amide bonds. The average molecular weight is 333 g/mol. The fourth-order valence-corrected chi connectivity index (χ4v) is 3.37. The van der Waals surface area contributed by atoms with E-state index < -0.39 is 34.4 Å². The van der Waals surface area contributed by atoms with Crippen LogP contribution >= 0.6 is 0 Å². The minimum Gasteiger partial charge on any atom is -0.459 e. The zero-order valence-corrected chi connectivity index (χ0v) is 14.3. The molecule has 0 aliphatic heterocycles. The minimum absolute atomic E-state index is 0.250. The lowest BCUT2D eigenvalue weighted by atomic mass is 9.69. The Morgan fingerprint density at radius 2 is 1.96 bits per heavy atom. The molecule has 0 spiro atoms. The standard InChI is InChI=1S/C18H23NO5/c1-17(2,3)24-16(21)18(11-7-10-15(18)20)14(12-19(22)23)13-8-5-4-6-9-13/h4-6,8-9,14H,7,10-12H2,1-3H3. The van der Waals surface area contributed by atoms with Gasteiger partial charge in [-0.25, -0.2) is 0 Å². The summed E-state index contributed by atoms with van der Waals surface area (Å²) < 4.78 is 5.50. The first-order chi connectivity index (χ1) is 11.2. The Balaban J connectivity index is 2.52. The number of rotatable bonds is 5. The smallest absolute Gasteiger partial charge is 0.321 e. The van der Waals surface area contributed by atoms with E-state index in [0.29, 0.717) is 12.0 Å². The minimum atomic E-state index is -1.47. The van der Waals surface area contributed by atoms with Crippen LogP contribution in [-0.4, -0.2) is 28.8 Å². The molecule has 0 saturated heterocycles. The molecule has 6 nitrogen and oxygen atoms in total. The summed E-state index contributed by atoms with van der Waals surface area (Å²) in [6.45, 7) is 4.70. The van der Waals surface area contributed by atoms with Crippen LogP contribution in [0.4, 0.5) is 0 Å². The topological polar surface area (TPSA) is 86.5 Å². The lowest BCUT2D eigenvalue weighted by molar-refractivity contribution is -0.485. The Morgan fingerprint density at radius 1 is 1.33 bits per heavy atom. The number of nitrogens with zero attached hydrogens (tertiary/aromatic N) is 1. The van der Waals surface area contributed by atoms with Gasteiger partial charge in [-0.2, -0.15) is 0 Å². The van der Waals surface area contributed by atoms with Gasteiger partial charge in [0, 0.05) is 11.3 Å². The first-order valence-corrected chi connectivity index (χ1v) is 8.10. The summed E-state index contributed by atoms with van der Waals surface area (Å²) >= 11 is 0. The molecule has 1 aliphatic carbocycles. The van der Waals surface area contributed by atoms with E-state index in [0.717, 1.165) is 0 Å². The van der Waals surface area contributed by atoms with Gasteiger partial charge in [-0.1, -0.05) is 30.3 Å². The summed E-state index contributed by atoms with van der Waals surface area (Å²) in [6, 6.07) is 8.76. The molecule has 1 fully saturated rings. The van der Waals surface area contributed by atoms with E-state index in [1.165, 1.54) is 0 Å². The Kier molecular flexibility index (Phi) is 5.06. The summed E-state index contributed by atoms with van der Waals surface area (Å²) in [4.78, 5) is 36.4. The number of Topliss-reactive ketones (excluding diaryl/α,β-unsaturated/α-hetero) is 1. The van der Waals surface area contributed by atoms with E-state index in [1.54, 1.807) is 51.1 Å². The molecule has 1 aromatic carbocycles. The zero-order valence-electron chi connectivity index (χ0n) is 14.3. The first-order valence-electron chi connectivity index (χ1n) is 8.10. The molecule has 2 unspecified atom stereocenters. The third-order valence-corrected chi connectivity index (χ3v) is 4.36. The number of benzene rings is 1. The molecular weight excluding hydrogens is 310 g/mol. The van der Waals surface area contributed by atoms with E-state index in [-0.39, 0.29) is 18.6 Å². The molecule has 1 aliphatic rings. The van der Waals surface area contributed by atoms with Crippen molar-refractivity contribution in [2.24, 2.45) is 5.41 Å². The Bertz CT molecular complexity index is 635. The highest BCUT2D eigenvalue weighted by Crippen LogP contribution is 2.48. The van der Waals surface area contributed by atoms with Crippen molar-refractivity contribution in [3.63, 3.8) is 0 Å². The molecule has 2 atom stereocenters. The van der Waals surface area contributed by atoms with Crippen molar-refractivity contribution in [3.05, 3.63) is 46.0 Å². The summed E-state index contributed by atoms with van der Waals surface area (Å²) in [6.07, 6.45) is 1.08. The number of hydrogen-bond acceptors (Lipinski definition) is 5. The van der Waals surface area contributed by atoms with Crippen molar-refractivity contribution in [2.75, 3.05) is 6.54 Å². The number of ether oxygens (including phenoxy) is 1. The van der Waals surface area contributed by atoms with Gasteiger partial charge in [-0.3, -0.25) is 19.7 Å². The second-order valence-electron chi connectivity index (χ2n) is 7.23. The molecule has 1 aromatic rings. The molecule has 1 saturated carbocycles. The van der Waals surface area contributed by atoms with Crippen LogP contribution in [0.3, 0.4) is 0 Å². The number of esters is 1. The molecule has 0 N–H and O–H groups in total. The quantitative estimate of drug-likeness (QED) is 0.357. The van der Waals surface area contributed by atoms with Gasteiger partial charge in [-0.15, -0.1) is 0 Å². The van der Waals surface area contributed by atoms with Gasteiger partial charge in [0.15, 0.2) is 5.78 Å². The molecule has 6 heteroatoms. The first kappa shape index (κ1) is 18.1. The predicted octanol–water partition coefficient (Wildman–Crippen LogP) is 3.13. The van der Waals surface area contributed by atoms with Crippen LogP contribution < -0.4 is 0 Å². The van der Waals surface area contributed by atoms with Crippen LogP contribution in [0.15, 0.2) is 30.3 Å². The summed E-state index contributed by atoms with van der Waals surface area (Å²) in [5.41, 5.74) is -1.61. The highest BCUT2D eigenvalue weighted by atomic mass is 16.6. The monoisotopic (exact) mass is 333 g/mol. The van der Waals surface area contributed by atoms with E-state index in [1.807, 2.05) is 0 Å². The molecular formula is C18H23NO5.